The summed E-state index contributed by atoms with van der Waals surface area (Å²) in [6.45, 7) is 53.2. The Morgan fingerprint density at radius 2 is 0.624 bits per heavy atom. The van der Waals surface area contributed by atoms with Crippen LogP contribution in [0.2, 0.25) is 0 Å². The summed E-state index contributed by atoms with van der Waals surface area (Å²) in [6, 6.07) is -10.2. The highest BCUT2D eigenvalue weighted by atomic mass is 16.6. The van der Waals surface area contributed by atoms with Crippen LogP contribution in [0.5, 0.6) is 0 Å². The summed E-state index contributed by atoms with van der Waals surface area (Å²) >= 11 is 0. The lowest BCUT2D eigenvalue weighted by Gasteiger charge is -2.36. The van der Waals surface area contributed by atoms with Gasteiger partial charge in [0.2, 0.25) is 53.2 Å². The smallest absolute Gasteiger partial charge is 0.328 e. The number of allylic oxidation sites excluding steroid dienone is 4. The maximum Gasteiger partial charge on any atom is 0.328 e. The summed E-state index contributed by atoms with van der Waals surface area (Å²) < 4.78 is 21.3. The molecule has 7 N–H and O–H groups in total. The fourth-order valence-corrected chi connectivity index (χ4v) is 18.0. The van der Waals surface area contributed by atoms with E-state index in [0.29, 0.717) is 32.1 Å². The van der Waals surface area contributed by atoms with E-state index < -0.39 is 227 Å². The molecule has 0 aromatic carbocycles. The molecule has 0 aliphatic rings. The molecule has 0 unspecified atom stereocenters. The van der Waals surface area contributed by atoms with Gasteiger partial charge in [-0.2, -0.15) is 0 Å². The zero-order valence-corrected chi connectivity index (χ0v) is 93.1. The number of Topliss-reactive ketones (excluding diaryl/α,β-unsaturated/α-hetero) is 6. The number of nitrogens with two attached hydrogens (primary N) is 1. The highest BCUT2D eigenvalue weighted by molar-refractivity contribution is 6.01. The fourth-order valence-electron chi connectivity index (χ4n) is 18.0. The Morgan fingerprint density at radius 3 is 0.879 bits per heavy atom. The van der Waals surface area contributed by atoms with Gasteiger partial charge in [-0.1, -0.05) is 190 Å². The molecular weight excluding hydrogens is 1810 g/mol. The van der Waals surface area contributed by atoms with Gasteiger partial charge in [-0.3, -0.25) is 81.5 Å². The predicted octanol–water partition coefficient (Wildman–Crippen LogP) is 12.0. The third-order valence-electron chi connectivity index (χ3n) is 26.0. The molecule has 0 fully saturated rings. The third kappa shape index (κ3) is 46.0. The Bertz CT molecular complexity index is 4100. The molecule has 0 aromatic rings. The zero-order valence-electron chi connectivity index (χ0n) is 93.1. The van der Waals surface area contributed by atoms with Crippen molar-refractivity contribution in [3.63, 3.8) is 0 Å². The van der Waals surface area contributed by atoms with Crippen molar-refractivity contribution in [2.75, 3.05) is 56.5 Å². The van der Waals surface area contributed by atoms with Gasteiger partial charge in [0.15, 0.2) is 34.7 Å². The van der Waals surface area contributed by atoms with E-state index in [2.05, 4.69) is 26.6 Å². The number of esters is 4. The van der Waals surface area contributed by atoms with Crippen LogP contribution in [0.4, 0.5) is 0 Å². The fraction of sp³-hybridized carbons (Fsp3) is 0.785. The number of nitrogens with one attached hydrogen (secondary N) is 5. The van der Waals surface area contributed by atoms with Gasteiger partial charge in [0.1, 0.15) is 36.4 Å². The number of nitrogens with zero attached hydrogens (tertiary/aromatic N) is 5. The van der Waals surface area contributed by atoms with Gasteiger partial charge in [-0.15, -0.1) is 0 Å². The van der Waals surface area contributed by atoms with Crippen LogP contribution in [0.15, 0.2) is 24.3 Å². The lowest BCUT2D eigenvalue weighted by atomic mass is 9.82. The molecular formula is C107H187N11O23. The average molecular weight is 2000 g/mol. The minimum atomic E-state index is -1.26. The van der Waals surface area contributed by atoms with E-state index in [0.717, 1.165) is 0 Å². The molecule has 0 aliphatic heterocycles. The van der Waals surface area contributed by atoms with Gasteiger partial charge in [0, 0.05) is 111 Å². The number of hydrogen-bond donors (Lipinski definition) is 6. The first-order valence-corrected chi connectivity index (χ1v) is 51.2. The molecule has 0 saturated carbocycles. The average Bonchev–Trinajstić information content (AvgIpc) is 0.810. The number of carbonyl (C=O) groups excluding carboxylic acids is 19. The SMILES string of the molecule is C/C=C/C[C@@H](C)[C@@H](OC(C)=O)[C@H](CC(=O)[C@H](C(C)C)N(C)C(=O)[C@@H](CC(=O)[C@H](CC(C)C)N(C)C(=O)[C@@H](C)NC(=O)[C@H](C)CC(=O)[C@H](CC(C)C)N(C)C(=O)[C@@H](N)C(C)C)CC(C)C)C(=O)N[C@@H](CC)C(=O)OC.C/C=C/C[C@@H](C)[C@@H](OC(C)=O)[C@H](CC(=O)[C@H](C(C)C)N(C)C(=O)[C@@H](CC(=O)[C@H](CC(C)C)N(C)C(=O)[C@@H](C)NC(=O)[C@H](C)CC(=O)[C@H](CC(C)C)NC)CC(C)C)C(=O)N[C@@H](CC)C(=O)OC. The largest absolute Gasteiger partial charge is 0.467 e. The van der Waals surface area contributed by atoms with E-state index in [1.165, 1.54) is 94.6 Å². The van der Waals surface area contributed by atoms with Gasteiger partial charge >= 0.3 is 23.9 Å². The van der Waals surface area contributed by atoms with Gasteiger partial charge in [0.05, 0.1) is 68.3 Å². The molecule has 0 rings (SSSR count). The number of carbonyl (C=O) groups is 19. The normalized spacial score (nSPS) is 16.3. The number of amides is 9. The van der Waals surface area contributed by atoms with Crippen molar-refractivity contribution in [1.82, 2.24) is 51.1 Å². The Labute approximate surface area is 844 Å². The number of ether oxygens (including phenoxy) is 4. The van der Waals surface area contributed by atoms with Crippen LogP contribution in [0.1, 0.15) is 310 Å². The molecule has 0 heterocycles. The van der Waals surface area contributed by atoms with Gasteiger partial charge < -0.3 is 75.8 Å². The number of hydrogen-bond acceptors (Lipinski definition) is 25. The molecule has 34 heteroatoms. The minimum absolute atomic E-state index is 0.00451. The molecule has 34 nitrogen and oxygen atoms in total. The van der Waals surface area contributed by atoms with Crippen molar-refractivity contribution in [2.24, 2.45) is 106 Å². The van der Waals surface area contributed by atoms with Crippen molar-refractivity contribution in [3.05, 3.63) is 24.3 Å². The summed E-state index contributed by atoms with van der Waals surface area (Å²) in [5.74, 6) is -17.2. The number of likely N-dealkylation sites (N-methyl/N-ethyl adjacent to an activating group) is 6. The molecule has 141 heavy (non-hydrogen) atoms. The Hall–Kier alpha value is -9.47. The Balaban J connectivity index is 0. The van der Waals surface area contributed by atoms with Crippen molar-refractivity contribution in [2.45, 2.75) is 389 Å². The second-order valence-corrected chi connectivity index (χ2v) is 42.6. The van der Waals surface area contributed by atoms with Crippen LogP contribution in [0.25, 0.3) is 0 Å². The molecule has 0 saturated heterocycles. The van der Waals surface area contributed by atoms with E-state index in [1.807, 2.05) is 135 Å². The van der Waals surface area contributed by atoms with Crippen molar-refractivity contribution >= 4 is 112 Å². The van der Waals surface area contributed by atoms with Crippen LogP contribution in [-0.2, 0) is 110 Å². The highest BCUT2D eigenvalue weighted by Gasteiger charge is 2.47. The lowest BCUT2D eigenvalue weighted by molar-refractivity contribution is -0.159. The first kappa shape index (κ1) is 134. The first-order valence-electron chi connectivity index (χ1n) is 51.2. The van der Waals surface area contributed by atoms with Gasteiger partial charge in [-0.05, 0) is 164 Å². The molecule has 0 aliphatic carbocycles. The molecule has 0 radical (unpaired) electrons. The molecule has 0 aromatic heterocycles. The molecule has 0 spiro atoms. The summed E-state index contributed by atoms with van der Waals surface area (Å²) in [5.41, 5.74) is 6.15. The Kier molecular flexibility index (Phi) is 63.0. The van der Waals surface area contributed by atoms with Crippen molar-refractivity contribution in [1.29, 1.82) is 0 Å². The monoisotopic (exact) mass is 1990 g/mol. The molecule has 0 bridgehead atoms. The van der Waals surface area contributed by atoms with Crippen LogP contribution in [0, 0.1) is 101 Å². The molecule has 808 valence electrons. The first-order chi connectivity index (χ1) is 65.3. The van der Waals surface area contributed by atoms with Gasteiger partial charge in [-0.25, -0.2) is 9.59 Å². The van der Waals surface area contributed by atoms with Gasteiger partial charge in [0.25, 0.3) is 0 Å². The van der Waals surface area contributed by atoms with Crippen LogP contribution in [-0.4, -0.2) is 271 Å². The minimum Gasteiger partial charge on any atom is -0.467 e. The summed E-state index contributed by atoms with van der Waals surface area (Å²) in [4.78, 5) is 268. The maximum absolute atomic E-state index is 14.8. The molecule has 9 amide bonds. The number of rotatable bonds is 66. The molecule has 21 atom stereocenters. The van der Waals surface area contributed by atoms with E-state index in [-0.39, 0.29) is 134 Å². The van der Waals surface area contributed by atoms with Crippen LogP contribution in [0.3, 0.4) is 0 Å². The second-order valence-electron chi connectivity index (χ2n) is 42.6. The second kappa shape index (κ2) is 66.5. The quantitative estimate of drug-likeness (QED) is 0.0187. The van der Waals surface area contributed by atoms with Crippen molar-refractivity contribution in [3.8, 4) is 0 Å². The third-order valence-corrected chi connectivity index (χ3v) is 26.0. The van der Waals surface area contributed by atoms with E-state index in [4.69, 9.17) is 24.7 Å². The standard InChI is InChI=1S/C56H98N6O12.C51H89N5O11/c1-21-23-24-36(13)50(74-39(16)63)41(52(68)59-42(22-2)56(72)73-20)30-47(66)49(35(11)12)62(19)54(70)40(25-31(3)4)29-46(65)44(27-33(7)8)60(17)53(69)38(15)58-51(67)37(14)28-45(64)43(26-32(5)6)61(18)55(71)48(57)34(9)10;1-19-21-22-33(11)46(67-36(14)57)38(48(62)54-39(20-2)51(65)66-18)28-44(60)45(32(9)10)56(17)50(64)37(23-29(3)4)27-43(59)41(25-31(7)8)55(16)49(63)35(13)53-47(61)34(12)26-42(58)40(52-15)24-30(5)6/h21,23,31-38,40-44,48-50H,22,24-30,57H2,1-20H3,(H,58,67)(H,59,68);19,21,29-35,37-41,45-46,52H,20,22-28H2,1-18H3,(H,53,61)(H,54,62)/b23-21+;21-19+/t36-,37-,38-,40-,41+,42+,43+,44+,48+,49+,50-;33-,34-,35-,37-,38+,39+,40+,41+,45+,46-/m11/s1. The predicted molar refractivity (Wildman–Crippen MR) is 547 cm³/mol. The van der Waals surface area contributed by atoms with E-state index in [9.17, 15) is 91.1 Å². The van der Waals surface area contributed by atoms with Crippen LogP contribution >= 0.6 is 0 Å². The zero-order chi connectivity index (χ0) is 110. The van der Waals surface area contributed by atoms with E-state index >= 15 is 0 Å². The maximum atomic E-state index is 14.8. The summed E-state index contributed by atoms with van der Waals surface area (Å²) in [7, 11) is 11.6. The lowest BCUT2D eigenvalue weighted by Crippen LogP contribution is -2.54. The summed E-state index contributed by atoms with van der Waals surface area (Å²) in [5, 5.41) is 13.9. The topological polar surface area (TPSA) is 464 Å². The summed E-state index contributed by atoms with van der Waals surface area (Å²) in [6.07, 6.45) is 6.93. The van der Waals surface area contributed by atoms with E-state index in [1.54, 1.807) is 83.3 Å². The Morgan fingerprint density at radius 1 is 0.333 bits per heavy atom. The van der Waals surface area contributed by atoms with Crippen LogP contribution < -0.4 is 32.3 Å². The number of methoxy groups -OCH3 is 2. The highest BCUT2D eigenvalue weighted by Crippen LogP contribution is 2.34. The number of ketones is 6. The van der Waals surface area contributed by atoms with Crippen molar-refractivity contribution < 1.29 is 110 Å².